The molecule has 1 fully saturated rings. The van der Waals surface area contributed by atoms with Crippen LogP contribution in [0.3, 0.4) is 0 Å². The number of pyridine rings is 1. The summed E-state index contributed by atoms with van der Waals surface area (Å²) in [6.07, 6.45) is 3.88. The number of carbonyl (C=O) groups excluding carboxylic acids is 3. The molecule has 33 heavy (non-hydrogen) atoms. The number of nitrogens with zero attached hydrogens (tertiary/aromatic N) is 3. The van der Waals surface area contributed by atoms with Crippen LogP contribution < -0.4 is 5.32 Å². The van der Waals surface area contributed by atoms with Crippen molar-refractivity contribution in [3.63, 3.8) is 0 Å². The lowest BCUT2D eigenvalue weighted by molar-refractivity contribution is -0.129. The molecule has 0 radical (unpaired) electrons. The fourth-order valence-corrected chi connectivity index (χ4v) is 3.86. The van der Waals surface area contributed by atoms with Crippen molar-refractivity contribution in [3.05, 3.63) is 90.3 Å². The lowest BCUT2D eigenvalue weighted by Crippen LogP contribution is -2.42. The molecule has 0 bridgehead atoms. The molecule has 0 spiro atoms. The Morgan fingerprint density at radius 2 is 1.36 bits per heavy atom. The van der Waals surface area contributed by atoms with Crippen molar-refractivity contribution in [2.75, 3.05) is 32.7 Å². The van der Waals surface area contributed by atoms with E-state index in [0.717, 1.165) is 11.1 Å². The fourth-order valence-electron chi connectivity index (χ4n) is 3.86. The minimum atomic E-state index is -0.285. The first-order valence-electron chi connectivity index (χ1n) is 11.0. The molecule has 3 amide bonds. The van der Waals surface area contributed by atoms with Gasteiger partial charge in [0, 0.05) is 49.7 Å². The van der Waals surface area contributed by atoms with Gasteiger partial charge in [-0.25, -0.2) is 0 Å². The van der Waals surface area contributed by atoms with Crippen LogP contribution in [0.2, 0.25) is 0 Å². The average molecular weight is 443 g/mol. The number of hydrogen-bond acceptors (Lipinski definition) is 4. The monoisotopic (exact) mass is 442 g/mol. The highest BCUT2D eigenvalue weighted by atomic mass is 16.2. The van der Waals surface area contributed by atoms with Crippen molar-refractivity contribution >= 4 is 17.7 Å². The Labute approximate surface area is 193 Å². The highest BCUT2D eigenvalue weighted by Gasteiger charge is 2.23. The first-order chi connectivity index (χ1) is 16.1. The minimum absolute atomic E-state index is 0.0565. The van der Waals surface area contributed by atoms with E-state index >= 15 is 0 Å². The second kappa shape index (κ2) is 10.5. The molecule has 0 unspecified atom stereocenters. The van der Waals surface area contributed by atoms with E-state index in [1.54, 1.807) is 46.5 Å². The summed E-state index contributed by atoms with van der Waals surface area (Å²) in [5.41, 5.74) is 3.21. The number of hydrogen-bond donors (Lipinski definition) is 1. The van der Waals surface area contributed by atoms with Gasteiger partial charge in [-0.1, -0.05) is 42.5 Å². The molecule has 7 heteroatoms. The van der Waals surface area contributed by atoms with Gasteiger partial charge in [-0.2, -0.15) is 0 Å². The Hall–Kier alpha value is -4.00. The van der Waals surface area contributed by atoms with Gasteiger partial charge in [0.05, 0.1) is 6.54 Å². The van der Waals surface area contributed by atoms with E-state index in [4.69, 9.17) is 0 Å². The topological polar surface area (TPSA) is 82.6 Å². The van der Waals surface area contributed by atoms with Gasteiger partial charge in [0.25, 0.3) is 11.8 Å². The van der Waals surface area contributed by atoms with Gasteiger partial charge in [0.2, 0.25) is 5.91 Å². The summed E-state index contributed by atoms with van der Waals surface area (Å²) in [6, 6.07) is 20.6. The van der Waals surface area contributed by atoms with Crippen LogP contribution in [0.4, 0.5) is 0 Å². The smallest absolute Gasteiger partial charge is 0.254 e. The molecule has 2 aromatic carbocycles. The zero-order valence-electron chi connectivity index (χ0n) is 18.3. The molecule has 4 rings (SSSR count). The van der Waals surface area contributed by atoms with Crippen LogP contribution in [0.25, 0.3) is 11.1 Å². The lowest BCUT2D eigenvalue weighted by Gasteiger charge is -2.22. The van der Waals surface area contributed by atoms with Crippen LogP contribution in [0.5, 0.6) is 0 Å². The normalized spacial score (nSPS) is 13.8. The molecule has 0 saturated carbocycles. The lowest BCUT2D eigenvalue weighted by atomic mass is 10.0. The molecule has 1 saturated heterocycles. The quantitative estimate of drug-likeness (QED) is 0.659. The summed E-state index contributed by atoms with van der Waals surface area (Å²) >= 11 is 0. The van der Waals surface area contributed by atoms with Crippen LogP contribution in [0.1, 0.15) is 27.1 Å². The maximum Gasteiger partial charge on any atom is 0.254 e. The summed E-state index contributed by atoms with van der Waals surface area (Å²) in [5, 5.41) is 2.72. The Morgan fingerprint density at radius 1 is 0.727 bits per heavy atom. The number of benzene rings is 2. The Morgan fingerprint density at radius 3 is 2.09 bits per heavy atom. The van der Waals surface area contributed by atoms with Crippen LogP contribution in [0.15, 0.2) is 79.1 Å². The molecule has 168 valence electrons. The maximum absolute atomic E-state index is 12.7. The van der Waals surface area contributed by atoms with E-state index in [2.05, 4.69) is 10.3 Å². The number of carbonyl (C=O) groups is 3. The van der Waals surface area contributed by atoms with Gasteiger partial charge in [0.1, 0.15) is 0 Å². The summed E-state index contributed by atoms with van der Waals surface area (Å²) in [4.78, 5) is 45.2. The van der Waals surface area contributed by atoms with Crippen LogP contribution in [0, 0.1) is 0 Å². The van der Waals surface area contributed by atoms with Crippen LogP contribution >= 0.6 is 0 Å². The van der Waals surface area contributed by atoms with Gasteiger partial charge in [-0.3, -0.25) is 19.4 Å². The molecule has 1 aliphatic rings. The summed E-state index contributed by atoms with van der Waals surface area (Å²) in [7, 11) is 0. The largest absolute Gasteiger partial charge is 0.343 e. The third-order valence-electron chi connectivity index (χ3n) is 5.72. The molecular weight excluding hydrogens is 416 g/mol. The Balaban J connectivity index is 1.28. The molecule has 2 heterocycles. The Bertz CT molecular complexity index is 1100. The van der Waals surface area contributed by atoms with Crippen LogP contribution in [-0.4, -0.2) is 65.2 Å². The summed E-state index contributed by atoms with van der Waals surface area (Å²) in [6.45, 7) is 1.97. The van der Waals surface area contributed by atoms with Gasteiger partial charge in [0.15, 0.2) is 0 Å². The first kappa shape index (κ1) is 22.2. The van der Waals surface area contributed by atoms with Crippen molar-refractivity contribution in [2.45, 2.75) is 6.42 Å². The number of aromatic nitrogens is 1. The van der Waals surface area contributed by atoms with E-state index in [1.807, 2.05) is 42.5 Å². The molecule has 7 nitrogen and oxygen atoms in total. The summed E-state index contributed by atoms with van der Waals surface area (Å²) < 4.78 is 0. The zero-order valence-corrected chi connectivity index (χ0v) is 18.3. The second-order valence-electron chi connectivity index (χ2n) is 7.89. The molecule has 1 aliphatic heterocycles. The van der Waals surface area contributed by atoms with Gasteiger partial charge >= 0.3 is 0 Å². The van der Waals surface area contributed by atoms with Crippen molar-refractivity contribution < 1.29 is 14.4 Å². The van der Waals surface area contributed by atoms with Gasteiger partial charge < -0.3 is 15.1 Å². The van der Waals surface area contributed by atoms with Gasteiger partial charge in [-0.15, -0.1) is 0 Å². The predicted octanol–water partition coefficient (Wildman–Crippen LogP) is 2.85. The molecular formula is C26H26N4O3. The maximum atomic E-state index is 12.7. The fraction of sp³-hybridized carbons (Fsp3) is 0.231. The molecule has 1 N–H and O–H groups in total. The molecule has 1 aromatic heterocycles. The number of nitrogens with one attached hydrogen (secondary N) is 1. The van der Waals surface area contributed by atoms with E-state index in [9.17, 15) is 14.4 Å². The molecule has 0 aliphatic carbocycles. The van der Waals surface area contributed by atoms with E-state index in [1.165, 1.54) is 0 Å². The van der Waals surface area contributed by atoms with Crippen molar-refractivity contribution in [1.29, 1.82) is 0 Å². The third-order valence-corrected chi connectivity index (χ3v) is 5.72. The van der Waals surface area contributed by atoms with E-state index in [-0.39, 0.29) is 24.3 Å². The summed E-state index contributed by atoms with van der Waals surface area (Å²) in [5.74, 6) is -0.492. The van der Waals surface area contributed by atoms with Gasteiger partial charge in [-0.05, 0) is 41.8 Å². The molecule has 0 atom stereocenters. The molecule has 3 aromatic rings. The third kappa shape index (κ3) is 5.63. The van der Waals surface area contributed by atoms with Crippen molar-refractivity contribution in [3.8, 4) is 11.1 Å². The highest BCUT2D eigenvalue weighted by Crippen LogP contribution is 2.19. The SMILES string of the molecule is O=C(NCC(=O)N1CCCN(C(=O)c2ccncc2)CC1)c1ccc(-c2ccccc2)cc1. The van der Waals surface area contributed by atoms with E-state index < -0.39 is 0 Å². The average Bonchev–Trinajstić information content (AvgIpc) is 3.14. The zero-order chi connectivity index (χ0) is 23.0. The second-order valence-corrected chi connectivity index (χ2v) is 7.89. The van der Waals surface area contributed by atoms with E-state index in [0.29, 0.717) is 43.7 Å². The highest BCUT2D eigenvalue weighted by molar-refractivity contribution is 5.97. The van der Waals surface area contributed by atoms with Crippen molar-refractivity contribution in [1.82, 2.24) is 20.1 Å². The number of amides is 3. The Kier molecular flexibility index (Phi) is 7.09. The predicted molar refractivity (Wildman–Crippen MR) is 126 cm³/mol. The standard InChI is InChI=1S/C26H26N4O3/c31-24(29-15-4-16-30(18-17-29)26(33)23-11-13-27-14-12-23)19-28-25(32)22-9-7-21(8-10-22)20-5-2-1-3-6-20/h1-3,5-14H,4,15-19H2,(H,28,32). The van der Waals surface area contributed by atoms with Crippen LogP contribution in [-0.2, 0) is 4.79 Å². The minimum Gasteiger partial charge on any atom is -0.343 e. The number of rotatable bonds is 5. The van der Waals surface area contributed by atoms with Crippen molar-refractivity contribution in [2.24, 2.45) is 0 Å². The first-order valence-corrected chi connectivity index (χ1v) is 11.0.